The first-order valence-electron chi connectivity index (χ1n) is 7.02. The lowest BCUT2D eigenvalue weighted by Crippen LogP contribution is -2.25. The van der Waals surface area contributed by atoms with Crippen LogP contribution in [0.4, 0.5) is 0 Å². The third-order valence-corrected chi connectivity index (χ3v) is 4.12. The number of hydrogen-bond acceptors (Lipinski definition) is 5. The fourth-order valence-electron chi connectivity index (χ4n) is 2.28. The number of nitriles is 1. The molecule has 0 spiro atoms. The first kappa shape index (κ1) is 17.6. The summed E-state index contributed by atoms with van der Waals surface area (Å²) in [4.78, 5) is 24.3. The van der Waals surface area contributed by atoms with Crippen molar-refractivity contribution in [2.75, 3.05) is 6.61 Å². The van der Waals surface area contributed by atoms with Crippen LogP contribution in [0, 0.1) is 25.2 Å². The van der Waals surface area contributed by atoms with Gasteiger partial charge in [-0.1, -0.05) is 11.6 Å². The maximum atomic E-state index is 12.4. The number of aryl methyl sites for hydroxylation is 1. The molecule has 2 rings (SSSR count). The molecule has 0 saturated heterocycles. The highest BCUT2D eigenvalue weighted by molar-refractivity contribution is 6.31. The molecule has 0 amide bonds. The van der Waals surface area contributed by atoms with Gasteiger partial charge in [-0.05, 0) is 43.2 Å². The first-order valence-corrected chi connectivity index (χ1v) is 7.40. The van der Waals surface area contributed by atoms with Crippen LogP contribution in [0.3, 0.4) is 0 Å². The summed E-state index contributed by atoms with van der Waals surface area (Å²) < 4.78 is 6.29. The lowest BCUT2D eigenvalue weighted by molar-refractivity contribution is 0.0916. The summed E-state index contributed by atoms with van der Waals surface area (Å²) in [6, 6.07) is 6.72. The molecule has 0 unspecified atom stereocenters. The quantitative estimate of drug-likeness (QED) is 0.858. The molecule has 0 fully saturated rings. The minimum Gasteiger partial charge on any atom is -0.494 e. The average Bonchev–Trinajstić information content (AvgIpc) is 2.54. The van der Waals surface area contributed by atoms with Crippen LogP contribution in [-0.2, 0) is 7.05 Å². The molecule has 1 heterocycles. The monoisotopic (exact) mass is 346 g/mol. The van der Waals surface area contributed by atoms with Crippen molar-refractivity contribution in [2.24, 2.45) is 7.05 Å². The molecule has 124 valence electrons. The highest BCUT2D eigenvalue weighted by Gasteiger charge is 2.22. The molecule has 1 aromatic heterocycles. The molecule has 1 N–H and O–H groups in total. The van der Waals surface area contributed by atoms with Gasteiger partial charge in [0.2, 0.25) is 11.7 Å². The van der Waals surface area contributed by atoms with Gasteiger partial charge in [-0.15, -0.1) is 0 Å². The summed E-state index contributed by atoms with van der Waals surface area (Å²) in [5.74, 6) is -0.574. The second kappa shape index (κ2) is 6.77. The Morgan fingerprint density at radius 2 is 2.08 bits per heavy atom. The minimum absolute atomic E-state index is 0.0978. The van der Waals surface area contributed by atoms with Crippen LogP contribution in [0.15, 0.2) is 23.0 Å². The summed E-state index contributed by atoms with van der Waals surface area (Å²) in [7, 11) is 1.29. The highest BCUT2D eigenvalue weighted by Crippen LogP contribution is 2.23. The van der Waals surface area contributed by atoms with Gasteiger partial charge in [-0.25, -0.2) is 0 Å². The SMILES string of the molecule is Cc1cc(OCC(=O)c2c(C)c(C#N)c(=O)n(C)c2O)ccc1Cl. The van der Waals surface area contributed by atoms with Crippen molar-refractivity contribution in [1.29, 1.82) is 5.26 Å². The predicted molar refractivity (Wildman–Crippen MR) is 88.8 cm³/mol. The van der Waals surface area contributed by atoms with Gasteiger partial charge < -0.3 is 9.84 Å². The second-order valence-corrected chi connectivity index (χ2v) is 5.70. The van der Waals surface area contributed by atoms with Gasteiger partial charge >= 0.3 is 0 Å². The van der Waals surface area contributed by atoms with Crippen LogP contribution in [0.25, 0.3) is 0 Å². The lowest BCUT2D eigenvalue weighted by Gasteiger charge is -2.13. The Hall–Kier alpha value is -2.78. The molecule has 0 atom stereocenters. The van der Waals surface area contributed by atoms with E-state index in [0.717, 1.165) is 10.1 Å². The summed E-state index contributed by atoms with van der Waals surface area (Å²) >= 11 is 5.93. The average molecular weight is 347 g/mol. The van der Waals surface area contributed by atoms with Crippen LogP contribution >= 0.6 is 11.6 Å². The normalized spacial score (nSPS) is 10.3. The summed E-state index contributed by atoms with van der Waals surface area (Å²) in [6.45, 7) is 2.90. The molecule has 1 aromatic carbocycles. The Morgan fingerprint density at radius 1 is 1.42 bits per heavy atom. The van der Waals surface area contributed by atoms with Gasteiger partial charge in [0.25, 0.3) is 5.56 Å². The number of halogens is 1. The lowest BCUT2D eigenvalue weighted by atomic mass is 10.0. The van der Waals surface area contributed by atoms with Crippen molar-refractivity contribution in [3.63, 3.8) is 0 Å². The zero-order valence-corrected chi connectivity index (χ0v) is 14.1. The number of pyridine rings is 1. The van der Waals surface area contributed by atoms with E-state index in [0.29, 0.717) is 10.8 Å². The smallest absolute Gasteiger partial charge is 0.271 e. The minimum atomic E-state index is -0.654. The number of carbonyl (C=O) groups excluding carboxylic acids is 1. The van der Waals surface area contributed by atoms with Gasteiger partial charge in [0, 0.05) is 12.1 Å². The zero-order valence-electron chi connectivity index (χ0n) is 13.4. The van der Waals surface area contributed by atoms with Gasteiger partial charge in [0.15, 0.2) is 6.61 Å². The van der Waals surface area contributed by atoms with Crippen molar-refractivity contribution in [1.82, 2.24) is 4.57 Å². The van der Waals surface area contributed by atoms with E-state index >= 15 is 0 Å². The molecular formula is C17H15ClN2O4. The summed E-state index contributed by atoms with van der Waals surface area (Å²) in [5.41, 5.74) is 0.00659. The third kappa shape index (κ3) is 3.12. The summed E-state index contributed by atoms with van der Waals surface area (Å²) in [5, 5.41) is 19.8. The van der Waals surface area contributed by atoms with E-state index in [1.807, 2.05) is 0 Å². The van der Waals surface area contributed by atoms with Crippen molar-refractivity contribution in [3.8, 4) is 17.7 Å². The number of aromatic hydroxyl groups is 1. The van der Waals surface area contributed by atoms with Crippen LogP contribution in [0.2, 0.25) is 5.02 Å². The topological polar surface area (TPSA) is 92.3 Å². The van der Waals surface area contributed by atoms with Crippen molar-refractivity contribution in [3.05, 3.63) is 55.8 Å². The molecule has 6 nitrogen and oxygen atoms in total. The number of hydrogen-bond donors (Lipinski definition) is 1. The Morgan fingerprint density at radius 3 is 2.67 bits per heavy atom. The maximum absolute atomic E-state index is 12.4. The molecule has 0 aliphatic rings. The standard InChI is InChI=1S/C17H15ClN2O4/c1-9-6-11(4-5-13(9)18)24-8-14(21)15-10(2)12(7-19)16(22)20(3)17(15)23/h4-6,23H,8H2,1-3H3. The Kier molecular flexibility index (Phi) is 4.96. The molecule has 7 heteroatoms. The van der Waals surface area contributed by atoms with E-state index in [1.165, 1.54) is 14.0 Å². The van der Waals surface area contributed by atoms with Crippen LogP contribution in [-0.4, -0.2) is 22.1 Å². The fraction of sp³-hybridized carbons (Fsp3) is 0.235. The number of ketones is 1. The van der Waals surface area contributed by atoms with Crippen molar-refractivity contribution in [2.45, 2.75) is 13.8 Å². The van der Waals surface area contributed by atoms with Gasteiger partial charge in [-0.2, -0.15) is 5.26 Å². The van der Waals surface area contributed by atoms with Crippen LogP contribution in [0.5, 0.6) is 11.6 Å². The molecular weight excluding hydrogens is 332 g/mol. The predicted octanol–water partition coefficient (Wildman–Crippen LogP) is 2.49. The van der Waals surface area contributed by atoms with E-state index in [4.69, 9.17) is 21.6 Å². The van der Waals surface area contributed by atoms with Gasteiger partial charge in [0.05, 0.1) is 5.56 Å². The summed E-state index contributed by atoms with van der Waals surface area (Å²) in [6.07, 6.45) is 0. The molecule has 24 heavy (non-hydrogen) atoms. The molecule has 0 aliphatic carbocycles. The fourth-order valence-corrected chi connectivity index (χ4v) is 2.40. The molecule has 0 radical (unpaired) electrons. The number of benzene rings is 1. The number of ether oxygens (including phenoxy) is 1. The highest BCUT2D eigenvalue weighted by atomic mass is 35.5. The van der Waals surface area contributed by atoms with E-state index < -0.39 is 17.2 Å². The van der Waals surface area contributed by atoms with Crippen LogP contribution in [0.1, 0.15) is 27.0 Å². The number of nitrogens with zero attached hydrogens (tertiary/aromatic N) is 2. The van der Waals surface area contributed by atoms with E-state index in [1.54, 1.807) is 31.2 Å². The van der Waals surface area contributed by atoms with Gasteiger partial charge in [0.1, 0.15) is 17.4 Å². The molecule has 0 aliphatic heterocycles. The van der Waals surface area contributed by atoms with E-state index in [9.17, 15) is 14.7 Å². The van der Waals surface area contributed by atoms with Gasteiger partial charge in [-0.3, -0.25) is 14.2 Å². The Labute approximate surface area is 143 Å². The zero-order chi connectivity index (χ0) is 18.0. The Bertz CT molecular complexity index is 926. The van der Waals surface area contributed by atoms with Crippen molar-refractivity contribution < 1.29 is 14.6 Å². The molecule has 0 bridgehead atoms. The van der Waals surface area contributed by atoms with E-state index in [-0.39, 0.29) is 23.3 Å². The third-order valence-electron chi connectivity index (χ3n) is 3.70. The Balaban J connectivity index is 2.34. The largest absolute Gasteiger partial charge is 0.494 e. The van der Waals surface area contributed by atoms with E-state index in [2.05, 4.69) is 0 Å². The number of rotatable bonds is 4. The number of Topliss-reactive ketones (excluding diaryl/α,β-unsaturated/α-hetero) is 1. The number of aromatic nitrogens is 1. The number of carbonyl (C=O) groups is 1. The molecule has 2 aromatic rings. The first-order chi connectivity index (χ1) is 11.3. The van der Waals surface area contributed by atoms with Crippen LogP contribution < -0.4 is 10.3 Å². The second-order valence-electron chi connectivity index (χ2n) is 5.30. The molecule has 0 saturated carbocycles. The van der Waals surface area contributed by atoms with Crippen molar-refractivity contribution >= 4 is 17.4 Å². The maximum Gasteiger partial charge on any atom is 0.271 e.